The average molecular weight is 487 g/mol. The third-order valence-electron chi connectivity index (χ3n) is 3.96. The molecule has 152 valence electrons. The van der Waals surface area contributed by atoms with Crippen LogP contribution in [-0.4, -0.2) is 69.5 Å². The minimum atomic E-state index is -0.0420. The van der Waals surface area contributed by atoms with Crippen LogP contribution >= 0.6 is 24.0 Å². The lowest BCUT2D eigenvalue weighted by molar-refractivity contribution is 0.0951. The Morgan fingerprint density at radius 2 is 1.96 bits per heavy atom. The second-order valence-corrected chi connectivity index (χ2v) is 6.51. The third-order valence-corrected chi connectivity index (χ3v) is 3.96. The molecule has 0 aliphatic carbocycles. The molecule has 0 saturated heterocycles. The highest BCUT2D eigenvalue weighted by molar-refractivity contribution is 14.0. The summed E-state index contributed by atoms with van der Waals surface area (Å²) in [5.74, 6) is 0.800. The van der Waals surface area contributed by atoms with E-state index in [-0.39, 0.29) is 29.9 Å². The standard InChI is InChI=1S/C20H33N5O.HI/c1-6-7-8-13-25(5)20(21-2)23-16-17-10-9-11-18(15-17)19(26)22-12-14-24(3)4;/h6,9-11,15H,1,7-8,12-14,16H2,2-5H3,(H,21,23)(H,22,26);1H. The van der Waals surface area contributed by atoms with Gasteiger partial charge in [0.15, 0.2) is 5.96 Å². The zero-order valence-corrected chi connectivity index (χ0v) is 19.3. The number of hydrogen-bond acceptors (Lipinski definition) is 3. The van der Waals surface area contributed by atoms with Crippen molar-refractivity contribution in [3.8, 4) is 0 Å². The molecule has 27 heavy (non-hydrogen) atoms. The van der Waals surface area contributed by atoms with E-state index in [4.69, 9.17) is 0 Å². The fourth-order valence-electron chi connectivity index (χ4n) is 2.46. The number of aliphatic imine (C=N–C) groups is 1. The van der Waals surface area contributed by atoms with Crippen LogP contribution in [0.1, 0.15) is 28.8 Å². The van der Waals surface area contributed by atoms with Gasteiger partial charge in [-0.15, -0.1) is 30.6 Å². The predicted octanol–water partition coefficient (Wildman–Crippen LogP) is 2.57. The van der Waals surface area contributed by atoms with Crippen molar-refractivity contribution in [2.75, 3.05) is 47.8 Å². The number of carbonyl (C=O) groups excluding carboxylic acids is 1. The van der Waals surface area contributed by atoms with E-state index in [0.29, 0.717) is 18.7 Å². The minimum Gasteiger partial charge on any atom is -0.352 e. The number of guanidine groups is 1. The Bertz CT molecular complexity index is 604. The van der Waals surface area contributed by atoms with E-state index in [9.17, 15) is 4.79 Å². The summed E-state index contributed by atoms with van der Waals surface area (Å²) in [4.78, 5) is 20.7. The van der Waals surface area contributed by atoms with Gasteiger partial charge in [0, 0.05) is 45.8 Å². The summed E-state index contributed by atoms with van der Waals surface area (Å²) in [7, 11) is 7.77. The van der Waals surface area contributed by atoms with Gasteiger partial charge < -0.3 is 20.4 Å². The first-order chi connectivity index (χ1) is 12.5. The molecule has 1 amide bonds. The molecule has 1 aromatic rings. The molecule has 0 heterocycles. The highest BCUT2D eigenvalue weighted by Crippen LogP contribution is 2.06. The van der Waals surface area contributed by atoms with Gasteiger partial charge in [0.2, 0.25) is 0 Å². The molecule has 0 aromatic heterocycles. The normalized spacial score (nSPS) is 10.9. The Kier molecular flexibility index (Phi) is 13.6. The number of amides is 1. The van der Waals surface area contributed by atoms with Crippen LogP contribution in [-0.2, 0) is 6.54 Å². The lowest BCUT2D eigenvalue weighted by Gasteiger charge is -2.22. The van der Waals surface area contributed by atoms with Gasteiger partial charge in [-0.1, -0.05) is 18.2 Å². The summed E-state index contributed by atoms with van der Waals surface area (Å²) in [6, 6.07) is 7.68. The van der Waals surface area contributed by atoms with Gasteiger partial charge in [-0.3, -0.25) is 9.79 Å². The Hall–Kier alpha value is -1.61. The van der Waals surface area contributed by atoms with Crippen molar-refractivity contribution in [1.82, 2.24) is 20.4 Å². The molecule has 0 fully saturated rings. The number of halogens is 1. The van der Waals surface area contributed by atoms with Gasteiger partial charge >= 0.3 is 0 Å². The summed E-state index contributed by atoms with van der Waals surface area (Å²) in [5, 5.41) is 6.29. The predicted molar refractivity (Wildman–Crippen MR) is 125 cm³/mol. The van der Waals surface area contributed by atoms with E-state index in [2.05, 4.69) is 27.1 Å². The number of rotatable bonds is 10. The fourth-order valence-corrected chi connectivity index (χ4v) is 2.46. The van der Waals surface area contributed by atoms with E-state index in [1.807, 2.05) is 56.4 Å². The molecule has 0 unspecified atom stereocenters. The zero-order chi connectivity index (χ0) is 19.4. The number of nitrogens with zero attached hydrogens (tertiary/aromatic N) is 3. The zero-order valence-electron chi connectivity index (χ0n) is 17.0. The highest BCUT2D eigenvalue weighted by atomic mass is 127. The third kappa shape index (κ3) is 10.3. The topological polar surface area (TPSA) is 60.0 Å². The maximum Gasteiger partial charge on any atom is 0.251 e. The molecule has 1 aromatic carbocycles. The molecule has 0 atom stereocenters. The molecule has 7 heteroatoms. The number of nitrogens with one attached hydrogen (secondary N) is 2. The van der Waals surface area contributed by atoms with Crippen molar-refractivity contribution in [3.05, 3.63) is 48.0 Å². The molecule has 0 spiro atoms. The molecule has 1 rings (SSSR count). The Morgan fingerprint density at radius 1 is 1.22 bits per heavy atom. The lowest BCUT2D eigenvalue weighted by atomic mass is 10.1. The SMILES string of the molecule is C=CCCCN(C)C(=NC)NCc1cccc(C(=O)NCCN(C)C)c1.I. The van der Waals surface area contributed by atoms with Crippen molar-refractivity contribution in [2.45, 2.75) is 19.4 Å². The van der Waals surface area contributed by atoms with Crippen LogP contribution in [0.2, 0.25) is 0 Å². The van der Waals surface area contributed by atoms with Crippen LogP contribution in [0.3, 0.4) is 0 Å². The van der Waals surface area contributed by atoms with Crippen molar-refractivity contribution < 1.29 is 4.79 Å². The second-order valence-electron chi connectivity index (χ2n) is 6.51. The largest absolute Gasteiger partial charge is 0.352 e. The maximum absolute atomic E-state index is 12.2. The van der Waals surface area contributed by atoms with E-state index in [1.165, 1.54) is 0 Å². The van der Waals surface area contributed by atoms with Gasteiger partial charge in [-0.05, 0) is 44.6 Å². The molecule has 0 radical (unpaired) electrons. The number of carbonyl (C=O) groups is 1. The van der Waals surface area contributed by atoms with E-state index in [0.717, 1.165) is 37.5 Å². The van der Waals surface area contributed by atoms with E-state index < -0.39 is 0 Å². The monoisotopic (exact) mass is 487 g/mol. The Labute approximate surface area is 181 Å². The fraction of sp³-hybridized carbons (Fsp3) is 0.500. The van der Waals surface area contributed by atoms with Crippen LogP contribution in [0.25, 0.3) is 0 Å². The van der Waals surface area contributed by atoms with E-state index in [1.54, 1.807) is 7.05 Å². The number of allylic oxidation sites excluding steroid dienone is 1. The first-order valence-corrected chi connectivity index (χ1v) is 9.02. The number of unbranched alkanes of at least 4 members (excludes halogenated alkanes) is 1. The maximum atomic E-state index is 12.2. The number of likely N-dealkylation sites (N-methyl/N-ethyl adjacent to an activating group) is 1. The first-order valence-electron chi connectivity index (χ1n) is 9.02. The summed E-state index contributed by atoms with van der Waals surface area (Å²) >= 11 is 0. The first kappa shape index (κ1) is 25.4. The summed E-state index contributed by atoms with van der Waals surface area (Å²) in [5.41, 5.74) is 1.73. The molecule has 0 aliphatic heterocycles. The van der Waals surface area contributed by atoms with Crippen LogP contribution in [0.15, 0.2) is 41.9 Å². The summed E-state index contributed by atoms with van der Waals surface area (Å²) in [6.07, 6.45) is 3.97. The van der Waals surface area contributed by atoms with Gasteiger partial charge in [0.1, 0.15) is 0 Å². The minimum absolute atomic E-state index is 0. The smallest absolute Gasteiger partial charge is 0.251 e. The molecular weight excluding hydrogens is 453 g/mol. The van der Waals surface area contributed by atoms with Crippen molar-refractivity contribution in [3.63, 3.8) is 0 Å². The average Bonchev–Trinajstić information content (AvgIpc) is 2.62. The Morgan fingerprint density at radius 3 is 2.59 bits per heavy atom. The molecular formula is C20H34IN5O. The van der Waals surface area contributed by atoms with Crippen LogP contribution in [0.4, 0.5) is 0 Å². The molecule has 6 nitrogen and oxygen atoms in total. The van der Waals surface area contributed by atoms with E-state index >= 15 is 0 Å². The van der Waals surface area contributed by atoms with Gasteiger partial charge in [-0.25, -0.2) is 0 Å². The molecule has 0 saturated carbocycles. The second kappa shape index (κ2) is 14.4. The molecule has 2 N–H and O–H groups in total. The van der Waals surface area contributed by atoms with Crippen LogP contribution in [0, 0.1) is 0 Å². The summed E-state index contributed by atoms with van der Waals surface area (Å²) in [6.45, 7) is 6.74. The molecule has 0 bridgehead atoms. The van der Waals surface area contributed by atoms with Crippen molar-refractivity contribution in [2.24, 2.45) is 4.99 Å². The lowest BCUT2D eigenvalue weighted by Crippen LogP contribution is -2.39. The van der Waals surface area contributed by atoms with Crippen LogP contribution < -0.4 is 10.6 Å². The van der Waals surface area contributed by atoms with Gasteiger partial charge in [0.25, 0.3) is 5.91 Å². The van der Waals surface area contributed by atoms with Crippen molar-refractivity contribution in [1.29, 1.82) is 0 Å². The Balaban J connectivity index is 0.00000676. The van der Waals surface area contributed by atoms with Gasteiger partial charge in [-0.2, -0.15) is 0 Å². The summed E-state index contributed by atoms with van der Waals surface area (Å²) < 4.78 is 0. The van der Waals surface area contributed by atoms with Crippen molar-refractivity contribution >= 4 is 35.8 Å². The van der Waals surface area contributed by atoms with Crippen LogP contribution in [0.5, 0.6) is 0 Å². The quantitative estimate of drug-likeness (QED) is 0.175. The van der Waals surface area contributed by atoms with Gasteiger partial charge in [0.05, 0.1) is 0 Å². The number of hydrogen-bond donors (Lipinski definition) is 2. The number of benzene rings is 1. The highest BCUT2D eigenvalue weighted by Gasteiger charge is 2.08. The molecule has 0 aliphatic rings.